The van der Waals surface area contributed by atoms with Crippen LogP contribution in [0.25, 0.3) is 0 Å². The molecule has 0 atom stereocenters. The summed E-state index contributed by atoms with van der Waals surface area (Å²) in [6, 6.07) is 4.14. The first kappa shape index (κ1) is 12.0. The van der Waals surface area contributed by atoms with Gasteiger partial charge in [0, 0.05) is 5.56 Å². The van der Waals surface area contributed by atoms with Crippen molar-refractivity contribution in [3.05, 3.63) is 35.0 Å². The lowest BCUT2D eigenvalue weighted by atomic mass is 10.1. The third-order valence-electron chi connectivity index (χ3n) is 2.64. The van der Waals surface area contributed by atoms with Crippen molar-refractivity contribution in [1.82, 2.24) is 5.16 Å². The van der Waals surface area contributed by atoms with Gasteiger partial charge in [-0.3, -0.25) is 10.1 Å². The van der Waals surface area contributed by atoms with Crippen molar-refractivity contribution in [3.63, 3.8) is 0 Å². The van der Waals surface area contributed by atoms with Crippen LogP contribution in [0.15, 0.2) is 22.7 Å². The van der Waals surface area contributed by atoms with Crippen LogP contribution in [0.1, 0.15) is 21.6 Å². The van der Waals surface area contributed by atoms with Gasteiger partial charge in [-0.1, -0.05) is 11.2 Å². The number of para-hydroxylation sites is 1. The molecule has 94 valence electrons. The first-order valence-electron chi connectivity index (χ1n) is 5.26. The predicted octanol–water partition coefficient (Wildman–Crippen LogP) is 1.95. The molecule has 0 spiro atoms. The summed E-state index contributed by atoms with van der Waals surface area (Å²) >= 11 is 0. The second kappa shape index (κ2) is 4.40. The Kier molecular flexibility index (Phi) is 2.93. The van der Waals surface area contributed by atoms with E-state index in [0.717, 1.165) is 0 Å². The zero-order valence-corrected chi connectivity index (χ0v) is 9.89. The van der Waals surface area contributed by atoms with Crippen LogP contribution in [-0.4, -0.2) is 21.3 Å². The fourth-order valence-electron chi connectivity index (χ4n) is 1.42. The van der Waals surface area contributed by atoms with Crippen LogP contribution in [0.3, 0.4) is 0 Å². The third kappa shape index (κ3) is 2.00. The number of aromatic hydroxyl groups is 2. The van der Waals surface area contributed by atoms with Gasteiger partial charge in [0.15, 0.2) is 11.5 Å². The van der Waals surface area contributed by atoms with Gasteiger partial charge < -0.3 is 14.7 Å². The highest BCUT2D eigenvalue weighted by atomic mass is 16.5. The van der Waals surface area contributed by atoms with E-state index in [2.05, 4.69) is 10.5 Å². The molecule has 0 fully saturated rings. The van der Waals surface area contributed by atoms with Crippen molar-refractivity contribution in [2.24, 2.45) is 0 Å². The van der Waals surface area contributed by atoms with E-state index >= 15 is 0 Å². The zero-order valence-electron chi connectivity index (χ0n) is 9.89. The molecule has 0 radical (unpaired) electrons. The van der Waals surface area contributed by atoms with Crippen LogP contribution in [0.2, 0.25) is 0 Å². The number of phenols is 2. The number of anilines is 1. The Labute approximate surface area is 103 Å². The molecule has 0 aliphatic rings. The molecule has 6 heteroatoms. The minimum absolute atomic E-state index is 0.0385. The van der Waals surface area contributed by atoms with E-state index in [1.54, 1.807) is 13.8 Å². The number of carbonyl (C=O) groups is 1. The van der Waals surface area contributed by atoms with Gasteiger partial charge in [0.25, 0.3) is 5.91 Å². The topological polar surface area (TPSA) is 95.6 Å². The van der Waals surface area contributed by atoms with Crippen molar-refractivity contribution in [2.45, 2.75) is 13.8 Å². The summed E-state index contributed by atoms with van der Waals surface area (Å²) < 4.78 is 4.93. The van der Waals surface area contributed by atoms with Crippen LogP contribution in [-0.2, 0) is 0 Å². The van der Waals surface area contributed by atoms with Crippen LogP contribution in [0.5, 0.6) is 11.5 Å². The van der Waals surface area contributed by atoms with E-state index in [4.69, 9.17) is 4.52 Å². The fraction of sp³-hybridized carbons (Fsp3) is 0.167. The van der Waals surface area contributed by atoms with Gasteiger partial charge in [0.1, 0.15) is 0 Å². The molecular weight excluding hydrogens is 236 g/mol. The number of benzene rings is 1. The Morgan fingerprint density at radius 2 is 2.06 bits per heavy atom. The SMILES string of the molecule is Cc1noc(NC(=O)c2cccc(O)c2O)c1C. The summed E-state index contributed by atoms with van der Waals surface area (Å²) in [5, 5.41) is 25.0. The molecule has 2 aromatic rings. The molecule has 0 saturated heterocycles. The fourth-order valence-corrected chi connectivity index (χ4v) is 1.42. The highest BCUT2D eigenvalue weighted by Gasteiger charge is 2.17. The first-order chi connectivity index (χ1) is 8.50. The molecule has 0 saturated carbocycles. The molecule has 2 rings (SSSR count). The van der Waals surface area contributed by atoms with Crippen LogP contribution in [0.4, 0.5) is 5.88 Å². The summed E-state index contributed by atoms with van der Waals surface area (Å²) in [5.41, 5.74) is 1.34. The second-order valence-corrected chi connectivity index (χ2v) is 3.85. The van der Waals surface area contributed by atoms with Crippen molar-refractivity contribution >= 4 is 11.8 Å². The molecule has 0 aliphatic carbocycles. The average molecular weight is 248 g/mol. The predicted molar refractivity (Wildman–Crippen MR) is 63.7 cm³/mol. The highest BCUT2D eigenvalue weighted by Crippen LogP contribution is 2.29. The molecule has 1 aromatic carbocycles. The maximum atomic E-state index is 11.9. The number of hydrogen-bond donors (Lipinski definition) is 3. The van der Waals surface area contributed by atoms with Gasteiger partial charge >= 0.3 is 0 Å². The molecule has 1 heterocycles. The third-order valence-corrected chi connectivity index (χ3v) is 2.64. The monoisotopic (exact) mass is 248 g/mol. The van der Waals surface area contributed by atoms with Gasteiger partial charge in [-0.25, -0.2) is 0 Å². The summed E-state index contributed by atoms with van der Waals surface area (Å²) in [6.07, 6.45) is 0. The minimum Gasteiger partial charge on any atom is -0.504 e. The number of amides is 1. The van der Waals surface area contributed by atoms with Gasteiger partial charge in [0.05, 0.1) is 11.3 Å². The smallest absolute Gasteiger partial charge is 0.261 e. The van der Waals surface area contributed by atoms with Gasteiger partial charge in [0.2, 0.25) is 5.88 Å². The van der Waals surface area contributed by atoms with Crippen LogP contribution < -0.4 is 5.32 Å². The van der Waals surface area contributed by atoms with E-state index < -0.39 is 11.7 Å². The normalized spacial score (nSPS) is 10.3. The summed E-state index contributed by atoms with van der Waals surface area (Å²) in [5.74, 6) is -1.18. The molecule has 3 N–H and O–H groups in total. The lowest BCUT2D eigenvalue weighted by molar-refractivity contribution is 0.102. The number of rotatable bonds is 2. The Hall–Kier alpha value is -2.50. The summed E-state index contributed by atoms with van der Waals surface area (Å²) in [4.78, 5) is 11.9. The lowest BCUT2D eigenvalue weighted by Gasteiger charge is -2.05. The number of carbonyl (C=O) groups excluding carboxylic acids is 1. The van der Waals surface area contributed by atoms with Crippen molar-refractivity contribution < 1.29 is 19.5 Å². The van der Waals surface area contributed by atoms with E-state index in [-0.39, 0.29) is 17.2 Å². The second-order valence-electron chi connectivity index (χ2n) is 3.85. The average Bonchev–Trinajstić information content (AvgIpc) is 2.64. The number of aryl methyl sites for hydroxylation is 1. The van der Waals surface area contributed by atoms with E-state index in [9.17, 15) is 15.0 Å². The quantitative estimate of drug-likeness (QED) is 0.706. The first-order valence-corrected chi connectivity index (χ1v) is 5.26. The standard InChI is InChI=1S/C12H12N2O4/c1-6-7(2)14-18-12(6)13-11(17)8-4-3-5-9(15)10(8)16/h3-5,15-16H,1-2H3,(H,13,17). The number of nitrogens with one attached hydrogen (secondary N) is 1. The maximum absolute atomic E-state index is 11.9. The van der Waals surface area contributed by atoms with Gasteiger partial charge in [-0.05, 0) is 26.0 Å². The molecular formula is C12H12N2O4. The number of nitrogens with zero attached hydrogens (tertiary/aromatic N) is 1. The van der Waals surface area contributed by atoms with Gasteiger partial charge in [-0.2, -0.15) is 0 Å². The van der Waals surface area contributed by atoms with Crippen LogP contribution >= 0.6 is 0 Å². The Bertz CT molecular complexity index is 604. The molecule has 18 heavy (non-hydrogen) atoms. The van der Waals surface area contributed by atoms with Gasteiger partial charge in [-0.15, -0.1) is 0 Å². The largest absolute Gasteiger partial charge is 0.504 e. The number of hydrogen-bond acceptors (Lipinski definition) is 5. The highest BCUT2D eigenvalue weighted by molar-refractivity contribution is 6.06. The molecule has 1 aromatic heterocycles. The molecule has 0 aliphatic heterocycles. The molecule has 0 unspecified atom stereocenters. The van der Waals surface area contributed by atoms with Crippen LogP contribution in [0, 0.1) is 13.8 Å². The number of phenolic OH excluding ortho intramolecular Hbond substituents is 2. The Balaban J connectivity index is 2.28. The lowest BCUT2D eigenvalue weighted by Crippen LogP contribution is -2.12. The van der Waals surface area contributed by atoms with E-state index in [1.807, 2.05) is 0 Å². The van der Waals surface area contributed by atoms with Crippen molar-refractivity contribution in [1.29, 1.82) is 0 Å². The Morgan fingerprint density at radius 3 is 2.67 bits per heavy atom. The minimum atomic E-state index is -0.581. The van der Waals surface area contributed by atoms with E-state index in [0.29, 0.717) is 11.3 Å². The van der Waals surface area contributed by atoms with E-state index in [1.165, 1.54) is 18.2 Å². The Morgan fingerprint density at radius 1 is 1.33 bits per heavy atom. The summed E-state index contributed by atoms with van der Waals surface area (Å²) in [6.45, 7) is 3.50. The molecule has 6 nitrogen and oxygen atoms in total. The molecule has 1 amide bonds. The van der Waals surface area contributed by atoms with Crippen molar-refractivity contribution in [2.75, 3.05) is 5.32 Å². The number of aromatic nitrogens is 1. The molecule has 0 bridgehead atoms. The summed E-state index contributed by atoms with van der Waals surface area (Å²) in [7, 11) is 0. The van der Waals surface area contributed by atoms with Crippen molar-refractivity contribution in [3.8, 4) is 11.5 Å². The zero-order chi connectivity index (χ0) is 13.3. The maximum Gasteiger partial charge on any atom is 0.261 e.